The number of nitrogens with one attached hydrogen (secondary N) is 2. The fourth-order valence-corrected chi connectivity index (χ4v) is 0.952. The number of aliphatic carboxylic acids is 1. The summed E-state index contributed by atoms with van der Waals surface area (Å²) in [6, 6.07) is 0. The SMILES string of the molecule is CN(CC(=O)O)C(=N)NP(=O)(O)O.[NaH]. The minimum atomic E-state index is -4.53. The predicted molar refractivity (Wildman–Crippen MR) is 50.3 cm³/mol. The van der Waals surface area contributed by atoms with Gasteiger partial charge in [0.15, 0.2) is 5.96 Å². The second kappa shape index (κ2) is 6.39. The number of carbonyl (C=O) groups is 1. The number of carboxylic acid groups (broad SMARTS) is 1. The van der Waals surface area contributed by atoms with E-state index in [0.29, 0.717) is 0 Å². The van der Waals surface area contributed by atoms with Gasteiger partial charge in [0.25, 0.3) is 0 Å². The summed E-state index contributed by atoms with van der Waals surface area (Å²) in [7, 11) is -3.31. The first-order valence-electron chi connectivity index (χ1n) is 3.07. The molecule has 8 nitrogen and oxygen atoms in total. The van der Waals surface area contributed by atoms with Crippen LogP contribution in [0.25, 0.3) is 0 Å². The Bertz CT molecular complexity index is 266. The molecule has 0 spiro atoms. The zero-order chi connectivity index (χ0) is 10.6. The van der Waals surface area contributed by atoms with Gasteiger partial charge in [-0.25, -0.2) is 4.57 Å². The van der Waals surface area contributed by atoms with Crippen LogP contribution in [0.1, 0.15) is 0 Å². The van der Waals surface area contributed by atoms with Crippen LogP contribution >= 0.6 is 7.75 Å². The molecule has 0 aromatic rings. The van der Waals surface area contributed by atoms with Gasteiger partial charge in [-0.05, 0) is 0 Å². The first-order chi connectivity index (χ1) is 5.72. The molecule has 78 valence electrons. The number of guanidine groups is 1. The van der Waals surface area contributed by atoms with Gasteiger partial charge in [-0.15, -0.1) is 0 Å². The molecule has 0 aliphatic heterocycles. The molecule has 0 aromatic heterocycles. The zero-order valence-corrected chi connectivity index (χ0v) is 7.65. The van der Waals surface area contributed by atoms with E-state index in [0.717, 1.165) is 4.90 Å². The normalized spacial score (nSPS) is 9.93. The van der Waals surface area contributed by atoms with Gasteiger partial charge in [0.05, 0.1) is 0 Å². The molecule has 0 saturated carbocycles. The number of hydrogen-bond donors (Lipinski definition) is 5. The fraction of sp³-hybridized carbons (Fsp3) is 0.500. The van der Waals surface area contributed by atoms with Gasteiger partial charge >= 0.3 is 43.3 Å². The fourth-order valence-electron chi connectivity index (χ4n) is 0.505. The quantitative estimate of drug-likeness (QED) is 0.165. The Morgan fingerprint density at radius 2 is 2.00 bits per heavy atom. The van der Waals surface area contributed by atoms with Gasteiger partial charge in [0.2, 0.25) is 0 Å². The van der Waals surface area contributed by atoms with Crippen molar-refractivity contribution in [3.8, 4) is 0 Å². The molecule has 0 amide bonds. The van der Waals surface area contributed by atoms with Gasteiger partial charge in [-0.2, -0.15) is 0 Å². The topological polar surface area (TPSA) is 134 Å². The summed E-state index contributed by atoms with van der Waals surface area (Å²) in [5, 5.41) is 16.8. The van der Waals surface area contributed by atoms with Crippen molar-refractivity contribution >= 4 is 49.2 Å². The minimum absolute atomic E-state index is 0. The number of likely N-dealkylation sites (N-methyl/N-ethyl adjacent to an activating group) is 1. The Morgan fingerprint density at radius 1 is 1.57 bits per heavy atom. The molecule has 0 atom stereocenters. The maximum absolute atomic E-state index is 10.3. The number of nitrogens with zero attached hydrogens (tertiary/aromatic N) is 1. The van der Waals surface area contributed by atoms with E-state index in [2.05, 4.69) is 0 Å². The van der Waals surface area contributed by atoms with Crippen molar-refractivity contribution in [2.24, 2.45) is 0 Å². The van der Waals surface area contributed by atoms with E-state index in [9.17, 15) is 9.36 Å². The van der Waals surface area contributed by atoms with Crippen molar-refractivity contribution in [2.75, 3.05) is 13.6 Å². The van der Waals surface area contributed by atoms with Crippen molar-refractivity contribution in [1.29, 1.82) is 5.41 Å². The number of rotatable bonds is 3. The molecule has 0 unspecified atom stereocenters. The molecule has 0 radical (unpaired) electrons. The second-order valence-electron chi connectivity index (χ2n) is 2.25. The van der Waals surface area contributed by atoms with Crippen molar-refractivity contribution in [2.45, 2.75) is 0 Å². The molecule has 0 fully saturated rings. The Morgan fingerprint density at radius 3 is 2.29 bits per heavy atom. The van der Waals surface area contributed by atoms with E-state index in [4.69, 9.17) is 20.3 Å². The maximum atomic E-state index is 10.3. The third-order valence-corrected chi connectivity index (χ3v) is 1.51. The summed E-state index contributed by atoms with van der Waals surface area (Å²) in [5.74, 6) is -1.84. The molecule has 10 heteroatoms. The van der Waals surface area contributed by atoms with E-state index in [1.54, 1.807) is 0 Å². The van der Waals surface area contributed by atoms with E-state index >= 15 is 0 Å². The third kappa shape index (κ3) is 8.49. The summed E-state index contributed by atoms with van der Waals surface area (Å²) in [6.07, 6.45) is 0. The Labute approximate surface area is 102 Å². The predicted octanol–water partition coefficient (Wildman–Crippen LogP) is -2.03. The van der Waals surface area contributed by atoms with Crippen molar-refractivity contribution < 1.29 is 24.3 Å². The molecule has 14 heavy (non-hydrogen) atoms. The Kier molecular flexibility index (Phi) is 7.45. The van der Waals surface area contributed by atoms with Crippen LogP contribution in [0.5, 0.6) is 0 Å². The van der Waals surface area contributed by atoms with E-state index in [1.807, 2.05) is 0 Å². The molecule has 0 bridgehead atoms. The molecule has 0 saturated heterocycles. The monoisotopic (exact) mass is 235 g/mol. The van der Waals surface area contributed by atoms with E-state index in [-0.39, 0.29) is 29.6 Å². The molecule has 5 N–H and O–H groups in total. The average molecular weight is 235 g/mol. The standard InChI is InChI=1S/C4H10N3O5P.Na.H/c1-7(2-3(8)9)4(5)6-13(10,11)12;;/h2H2,1H3,(H,8,9)(H4,5,6,10,11,12);;. The summed E-state index contributed by atoms with van der Waals surface area (Å²) in [4.78, 5) is 27.7. The first-order valence-corrected chi connectivity index (χ1v) is 4.69. The Hall–Kier alpha value is -0.110. The zero-order valence-electron chi connectivity index (χ0n) is 6.76. The van der Waals surface area contributed by atoms with Gasteiger partial charge in [0, 0.05) is 7.05 Å². The van der Waals surface area contributed by atoms with Crippen LogP contribution in [0.2, 0.25) is 0 Å². The van der Waals surface area contributed by atoms with Crippen LogP contribution in [-0.4, -0.2) is 74.9 Å². The molecule has 0 heterocycles. The Balaban J connectivity index is 0. The van der Waals surface area contributed by atoms with Crippen molar-refractivity contribution in [3.05, 3.63) is 0 Å². The molecule has 0 rings (SSSR count). The van der Waals surface area contributed by atoms with E-state index < -0.39 is 26.2 Å². The molecule has 0 aromatic carbocycles. The summed E-state index contributed by atoms with van der Waals surface area (Å²) < 4.78 is 10.3. The van der Waals surface area contributed by atoms with Crippen LogP contribution in [0.4, 0.5) is 0 Å². The van der Waals surface area contributed by atoms with E-state index in [1.165, 1.54) is 12.1 Å². The second-order valence-corrected chi connectivity index (χ2v) is 3.57. The van der Waals surface area contributed by atoms with Gasteiger partial charge < -0.3 is 19.8 Å². The van der Waals surface area contributed by atoms with Crippen molar-refractivity contribution in [3.63, 3.8) is 0 Å². The molecular weight excluding hydrogens is 224 g/mol. The average Bonchev–Trinajstić information content (AvgIpc) is 1.81. The summed E-state index contributed by atoms with van der Waals surface area (Å²) in [6.45, 7) is -0.508. The van der Waals surface area contributed by atoms with Gasteiger partial charge in [0.1, 0.15) is 6.54 Å². The van der Waals surface area contributed by atoms with Gasteiger partial charge in [-0.3, -0.25) is 15.3 Å². The summed E-state index contributed by atoms with van der Waals surface area (Å²) >= 11 is 0. The van der Waals surface area contributed by atoms with Gasteiger partial charge in [-0.1, -0.05) is 0 Å². The van der Waals surface area contributed by atoms with Crippen molar-refractivity contribution in [1.82, 2.24) is 9.99 Å². The molecular formula is C4H11N3NaO5P. The van der Waals surface area contributed by atoms with Crippen LogP contribution in [0.15, 0.2) is 0 Å². The number of carboxylic acids is 1. The van der Waals surface area contributed by atoms with Crippen LogP contribution < -0.4 is 5.09 Å². The number of hydrogen-bond acceptors (Lipinski definition) is 3. The third-order valence-electron chi connectivity index (χ3n) is 1.01. The first kappa shape index (κ1) is 16.3. The van der Waals surface area contributed by atoms with Crippen LogP contribution in [-0.2, 0) is 9.36 Å². The molecule has 0 aliphatic carbocycles. The van der Waals surface area contributed by atoms with Crippen LogP contribution in [0.3, 0.4) is 0 Å². The summed E-state index contributed by atoms with van der Waals surface area (Å²) in [5.41, 5.74) is 0. The molecule has 0 aliphatic rings. The van der Waals surface area contributed by atoms with Crippen LogP contribution in [0, 0.1) is 5.41 Å².